The zero-order chi connectivity index (χ0) is 9.80. The van der Waals surface area contributed by atoms with Crippen molar-refractivity contribution in [3.8, 4) is 0 Å². The second-order valence-electron chi connectivity index (χ2n) is 3.56. The Morgan fingerprint density at radius 1 is 1.33 bits per heavy atom. The van der Waals surface area contributed by atoms with Gasteiger partial charge in [0.25, 0.3) is 0 Å². The molecule has 0 unspecified atom stereocenters. The van der Waals surface area contributed by atoms with Crippen molar-refractivity contribution in [1.29, 1.82) is 0 Å². The molecule has 15 heavy (non-hydrogen) atoms. The molecule has 0 bridgehead atoms. The van der Waals surface area contributed by atoms with Gasteiger partial charge in [0.1, 0.15) is 5.82 Å². The quantitative estimate of drug-likeness (QED) is 0.838. The molecule has 1 aromatic carbocycles. The highest BCUT2D eigenvalue weighted by molar-refractivity contribution is 5.85. The predicted molar refractivity (Wildman–Crippen MR) is 60.0 cm³/mol. The van der Waals surface area contributed by atoms with Crippen LogP contribution in [0.3, 0.4) is 0 Å². The van der Waals surface area contributed by atoms with Crippen molar-refractivity contribution < 1.29 is 9.13 Å². The van der Waals surface area contributed by atoms with Gasteiger partial charge >= 0.3 is 0 Å². The van der Waals surface area contributed by atoms with Crippen LogP contribution in [-0.4, -0.2) is 25.8 Å². The van der Waals surface area contributed by atoms with Gasteiger partial charge in [-0.2, -0.15) is 0 Å². The van der Waals surface area contributed by atoms with Crippen LogP contribution >= 0.6 is 12.4 Å². The molecule has 4 heteroatoms. The largest absolute Gasteiger partial charge is 0.379 e. The lowest BCUT2D eigenvalue weighted by atomic mass is 10.1. The molecule has 0 aromatic heterocycles. The first-order chi connectivity index (χ1) is 6.84. The first-order valence-electron chi connectivity index (χ1n) is 4.90. The van der Waals surface area contributed by atoms with E-state index in [4.69, 9.17) is 4.74 Å². The summed E-state index contributed by atoms with van der Waals surface area (Å²) in [4.78, 5) is 0. The fourth-order valence-electron chi connectivity index (χ4n) is 1.66. The van der Waals surface area contributed by atoms with E-state index in [2.05, 4.69) is 5.32 Å². The maximum Gasteiger partial charge on any atom is 0.123 e. The molecule has 1 fully saturated rings. The summed E-state index contributed by atoms with van der Waals surface area (Å²) in [5, 5.41) is 3.36. The van der Waals surface area contributed by atoms with Crippen LogP contribution in [0.1, 0.15) is 5.56 Å². The summed E-state index contributed by atoms with van der Waals surface area (Å²) in [6.07, 6.45) is 0.903. The summed E-state index contributed by atoms with van der Waals surface area (Å²) in [6, 6.07) is 7.02. The first kappa shape index (κ1) is 12.4. The highest BCUT2D eigenvalue weighted by Gasteiger charge is 2.12. The summed E-state index contributed by atoms with van der Waals surface area (Å²) in [5.74, 6) is -0.179. The lowest BCUT2D eigenvalue weighted by Gasteiger charge is -2.23. The predicted octanol–water partition coefficient (Wildman–Crippen LogP) is 1.78. The van der Waals surface area contributed by atoms with E-state index in [1.807, 2.05) is 12.1 Å². The van der Waals surface area contributed by atoms with Crippen molar-refractivity contribution in [2.45, 2.75) is 12.5 Å². The number of ether oxygens (including phenoxy) is 1. The van der Waals surface area contributed by atoms with Gasteiger partial charge in [-0.25, -0.2) is 4.39 Å². The van der Waals surface area contributed by atoms with Gasteiger partial charge in [0, 0.05) is 12.6 Å². The smallest absolute Gasteiger partial charge is 0.123 e. The molecule has 0 spiro atoms. The fraction of sp³-hybridized carbons (Fsp3) is 0.455. The van der Waals surface area contributed by atoms with Crippen molar-refractivity contribution in [2.75, 3.05) is 19.8 Å². The molecule has 1 heterocycles. The number of nitrogens with one attached hydrogen (secondary N) is 1. The zero-order valence-corrected chi connectivity index (χ0v) is 9.23. The van der Waals surface area contributed by atoms with E-state index >= 15 is 0 Å². The minimum atomic E-state index is -0.179. The highest BCUT2D eigenvalue weighted by Crippen LogP contribution is 2.07. The highest BCUT2D eigenvalue weighted by atomic mass is 35.5. The van der Waals surface area contributed by atoms with Crippen LogP contribution in [0.4, 0.5) is 4.39 Å². The van der Waals surface area contributed by atoms with Crippen LogP contribution in [0.15, 0.2) is 24.3 Å². The molecule has 1 saturated heterocycles. The summed E-state index contributed by atoms with van der Waals surface area (Å²) >= 11 is 0. The Balaban J connectivity index is 0.00000112. The Bertz CT molecular complexity index is 285. The van der Waals surface area contributed by atoms with Crippen LogP contribution in [0.2, 0.25) is 0 Å². The molecular weight excluding hydrogens is 217 g/mol. The number of benzene rings is 1. The Morgan fingerprint density at radius 2 is 2.07 bits per heavy atom. The van der Waals surface area contributed by atoms with Crippen molar-refractivity contribution in [3.63, 3.8) is 0 Å². The van der Waals surface area contributed by atoms with Gasteiger partial charge in [-0.15, -0.1) is 12.4 Å². The Hall–Kier alpha value is -0.640. The van der Waals surface area contributed by atoms with Gasteiger partial charge in [-0.1, -0.05) is 12.1 Å². The third-order valence-electron chi connectivity index (χ3n) is 2.39. The minimum Gasteiger partial charge on any atom is -0.379 e. The molecule has 1 N–H and O–H groups in total. The van der Waals surface area contributed by atoms with Gasteiger partial charge in [0.2, 0.25) is 0 Å². The molecule has 0 saturated carbocycles. The van der Waals surface area contributed by atoms with Crippen molar-refractivity contribution in [2.24, 2.45) is 0 Å². The SMILES string of the molecule is Cl.Fc1ccc(C[C@@H]2COCCN2)cc1. The summed E-state index contributed by atoms with van der Waals surface area (Å²) < 4.78 is 18.0. The Labute approximate surface area is 95.2 Å². The second-order valence-corrected chi connectivity index (χ2v) is 3.56. The molecule has 1 aromatic rings. The van der Waals surface area contributed by atoms with Crippen LogP contribution in [0.5, 0.6) is 0 Å². The molecule has 0 amide bonds. The van der Waals surface area contributed by atoms with Crippen LogP contribution in [0.25, 0.3) is 0 Å². The molecule has 0 aliphatic carbocycles. The fourth-order valence-corrected chi connectivity index (χ4v) is 1.66. The number of hydrogen-bond acceptors (Lipinski definition) is 2. The minimum absolute atomic E-state index is 0. The van der Waals surface area contributed by atoms with E-state index in [0.717, 1.165) is 31.7 Å². The number of halogens is 2. The Morgan fingerprint density at radius 3 is 2.67 bits per heavy atom. The molecule has 1 aliphatic heterocycles. The zero-order valence-electron chi connectivity index (χ0n) is 8.41. The van der Waals surface area contributed by atoms with Crippen LogP contribution < -0.4 is 5.32 Å². The monoisotopic (exact) mass is 231 g/mol. The van der Waals surface area contributed by atoms with E-state index in [1.54, 1.807) is 0 Å². The van der Waals surface area contributed by atoms with E-state index < -0.39 is 0 Å². The van der Waals surface area contributed by atoms with Gasteiger partial charge < -0.3 is 10.1 Å². The standard InChI is InChI=1S/C11H14FNO.ClH/c12-10-3-1-9(2-4-10)7-11-8-14-6-5-13-11;/h1-4,11,13H,5-8H2;1H/t11-;/m1./s1. The van der Waals surface area contributed by atoms with Gasteiger partial charge in [-0.05, 0) is 24.1 Å². The molecule has 2 nitrogen and oxygen atoms in total. The van der Waals surface area contributed by atoms with E-state index in [1.165, 1.54) is 12.1 Å². The van der Waals surface area contributed by atoms with Crippen molar-refractivity contribution >= 4 is 12.4 Å². The van der Waals surface area contributed by atoms with Gasteiger partial charge in [0.05, 0.1) is 13.2 Å². The second kappa shape index (κ2) is 6.05. The molecule has 1 atom stereocenters. The summed E-state index contributed by atoms with van der Waals surface area (Å²) in [6.45, 7) is 2.45. The third kappa shape index (κ3) is 3.78. The van der Waals surface area contributed by atoms with E-state index in [0.29, 0.717) is 6.04 Å². The molecule has 2 rings (SSSR count). The third-order valence-corrected chi connectivity index (χ3v) is 2.39. The van der Waals surface area contributed by atoms with E-state index in [9.17, 15) is 4.39 Å². The lowest BCUT2D eigenvalue weighted by molar-refractivity contribution is 0.0770. The molecule has 84 valence electrons. The topological polar surface area (TPSA) is 21.3 Å². The first-order valence-corrected chi connectivity index (χ1v) is 4.90. The number of rotatable bonds is 2. The van der Waals surface area contributed by atoms with Crippen LogP contribution in [0, 0.1) is 5.82 Å². The molecule has 1 aliphatic rings. The Kier molecular flexibility index (Phi) is 5.02. The van der Waals surface area contributed by atoms with Crippen molar-refractivity contribution in [1.82, 2.24) is 5.32 Å². The number of morpholine rings is 1. The maximum atomic E-state index is 12.6. The maximum absolute atomic E-state index is 12.6. The van der Waals surface area contributed by atoms with Crippen molar-refractivity contribution in [3.05, 3.63) is 35.6 Å². The average molecular weight is 232 g/mol. The normalized spacial score (nSPS) is 20.7. The molecular formula is C11H15ClFNO. The molecule has 0 radical (unpaired) electrons. The van der Waals surface area contributed by atoms with Gasteiger partial charge in [0.15, 0.2) is 0 Å². The average Bonchev–Trinajstić information content (AvgIpc) is 2.23. The summed E-state index contributed by atoms with van der Waals surface area (Å²) in [7, 11) is 0. The lowest BCUT2D eigenvalue weighted by Crippen LogP contribution is -2.42. The van der Waals surface area contributed by atoms with Gasteiger partial charge in [-0.3, -0.25) is 0 Å². The van der Waals surface area contributed by atoms with E-state index in [-0.39, 0.29) is 18.2 Å². The summed E-state index contributed by atoms with van der Waals surface area (Å²) in [5.41, 5.74) is 1.15. The number of hydrogen-bond donors (Lipinski definition) is 1. The van der Waals surface area contributed by atoms with Crippen LogP contribution in [-0.2, 0) is 11.2 Å².